The zero-order chi connectivity index (χ0) is 36.5. The molecule has 0 spiro atoms. The molecule has 278 valence electrons. The molecule has 0 bridgehead atoms. The molecule has 0 aliphatic carbocycles. The fourth-order valence-corrected chi connectivity index (χ4v) is 4.72. The first-order chi connectivity index (χ1) is 23.1. The Hall–Kier alpha value is -3.83. The molecule has 0 saturated carbocycles. The number of nitrogens with one attached hydrogen (secondary N) is 4. The van der Waals surface area contributed by atoms with E-state index in [1.165, 1.54) is 0 Å². The monoisotopic (exact) mass is 690 g/mol. The zero-order valence-electron chi connectivity index (χ0n) is 30.8. The summed E-state index contributed by atoms with van der Waals surface area (Å²) in [6.45, 7) is 12.6. The first kappa shape index (κ1) is 43.2. The van der Waals surface area contributed by atoms with E-state index in [1.54, 1.807) is 20.8 Å². The van der Waals surface area contributed by atoms with Crippen LogP contribution in [0.4, 0.5) is 9.59 Å². The van der Waals surface area contributed by atoms with Crippen molar-refractivity contribution >= 4 is 30.0 Å². The van der Waals surface area contributed by atoms with E-state index in [2.05, 4.69) is 21.3 Å². The van der Waals surface area contributed by atoms with E-state index in [1.807, 2.05) is 51.1 Å². The third-order valence-corrected chi connectivity index (χ3v) is 7.07. The van der Waals surface area contributed by atoms with Crippen molar-refractivity contribution in [3.63, 3.8) is 0 Å². The summed E-state index contributed by atoms with van der Waals surface area (Å²) in [4.78, 5) is 61.1. The van der Waals surface area contributed by atoms with Gasteiger partial charge in [-0.2, -0.15) is 0 Å². The molecule has 12 nitrogen and oxygen atoms in total. The third kappa shape index (κ3) is 26.8. The van der Waals surface area contributed by atoms with Gasteiger partial charge in [0.15, 0.2) is 0 Å². The number of benzene rings is 1. The first-order valence-corrected chi connectivity index (χ1v) is 17.8. The number of carbonyl (C=O) groups excluding carboxylic acids is 5. The van der Waals surface area contributed by atoms with Gasteiger partial charge in [-0.05, 0) is 92.1 Å². The van der Waals surface area contributed by atoms with Gasteiger partial charge < -0.3 is 35.5 Å². The Morgan fingerprint density at radius 1 is 0.612 bits per heavy atom. The SMILES string of the molecule is CC(C)(C)OC(=O)NCCCCCCC(=O)NC(CCCCNC(=O)OC(C)(C)C)CC(=O)NCCCCCC(=O)OCc1ccccc1. The van der Waals surface area contributed by atoms with E-state index < -0.39 is 23.4 Å². The number of amides is 4. The van der Waals surface area contributed by atoms with Crippen LogP contribution in [0.3, 0.4) is 0 Å². The number of esters is 1. The van der Waals surface area contributed by atoms with Crippen LogP contribution in [0.2, 0.25) is 0 Å². The van der Waals surface area contributed by atoms with Crippen LogP contribution in [0.15, 0.2) is 30.3 Å². The van der Waals surface area contributed by atoms with E-state index in [0.717, 1.165) is 37.7 Å². The smallest absolute Gasteiger partial charge is 0.407 e. The highest BCUT2D eigenvalue weighted by Gasteiger charge is 2.18. The molecule has 49 heavy (non-hydrogen) atoms. The summed E-state index contributed by atoms with van der Waals surface area (Å²) < 4.78 is 15.8. The molecule has 1 unspecified atom stereocenters. The Balaban J connectivity index is 2.37. The van der Waals surface area contributed by atoms with Crippen molar-refractivity contribution in [1.82, 2.24) is 21.3 Å². The van der Waals surface area contributed by atoms with E-state index in [4.69, 9.17) is 14.2 Å². The van der Waals surface area contributed by atoms with Gasteiger partial charge in [0.25, 0.3) is 0 Å². The number of ether oxygens (including phenoxy) is 3. The topological polar surface area (TPSA) is 161 Å². The summed E-state index contributed by atoms with van der Waals surface area (Å²) in [5.74, 6) is -0.476. The quantitative estimate of drug-likeness (QED) is 0.0579. The van der Waals surface area contributed by atoms with E-state index in [0.29, 0.717) is 64.6 Å². The predicted octanol–water partition coefficient (Wildman–Crippen LogP) is 6.45. The van der Waals surface area contributed by atoms with Crippen LogP contribution in [-0.4, -0.2) is 66.8 Å². The number of hydrogen-bond acceptors (Lipinski definition) is 8. The first-order valence-electron chi connectivity index (χ1n) is 17.8. The highest BCUT2D eigenvalue weighted by atomic mass is 16.6. The maximum absolute atomic E-state index is 12.7. The molecule has 4 amide bonds. The second-order valence-corrected chi connectivity index (χ2v) is 14.3. The lowest BCUT2D eigenvalue weighted by Gasteiger charge is -2.20. The van der Waals surface area contributed by atoms with E-state index in [-0.39, 0.29) is 36.9 Å². The minimum atomic E-state index is -0.571. The van der Waals surface area contributed by atoms with Crippen molar-refractivity contribution in [2.75, 3.05) is 19.6 Å². The lowest BCUT2D eigenvalue weighted by atomic mass is 10.0. The van der Waals surface area contributed by atoms with Gasteiger partial charge in [0.05, 0.1) is 0 Å². The molecule has 0 saturated heterocycles. The number of rotatable bonds is 23. The van der Waals surface area contributed by atoms with Crippen molar-refractivity contribution in [3.8, 4) is 0 Å². The number of alkyl carbamates (subject to hydrolysis) is 2. The Labute approximate surface area is 293 Å². The Bertz CT molecular complexity index is 1120. The summed E-state index contributed by atoms with van der Waals surface area (Å²) in [6, 6.07) is 9.22. The molecule has 1 rings (SSSR count). The average Bonchev–Trinajstić information content (AvgIpc) is 2.99. The third-order valence-electron chi connectivity index (χ3n) is 7.07. The summed E-state index contributed by atoms with van der Waals surface area (Å²) >= 11 is 0. The van der Waals surface area contributed by atoms with Crippen molar-refractivity contribution in [3.05, 3.63) is 35.9 Å². The van der Waals surface area contributed by atoms with E-state index >= 15 is 0 Å². The molecular weight excluding hydrogens is 628 g/mol. The summed E-state index contributed by atoms with van der Waals surface area (Å²) in [5.41, 5.74) is -0.153. The van der Waals surface area contributed by atoms with Crippen molar-refractivity contribution in [2.45, 2.75) is 149 Å². The summed E-state index contributed by atoms with van der Waals surface area (Å²) in [7, 11) is 0. The second kappa shape index (κ2) is 24.3. The van der Waals surface area contributed by atoms with Crippen LogP contribution in [0.25, 0.3) is 0 Å². The van der Waals surface area contributed by atoms with Gasteiger partial charge in [-0.25, -0.2) is 9.59 Å². The molecule has 0 fully saturated rings. The Kier molecular flexibility index (Phi) is 21.4. The molecule has 1 aromatic rings. The highest BCUT2D eigenvalue weighted by molar-refractivity contribution is 5.79. The van der Waals surface area contributed by atoms with Crippen LogP contribution in [0.5, 0.6) is 0 Å². The molecule has 0 aliphatic heterocycles. The largest absolute Gasteiger partial charge is 0.461 e. The number of hydrogen-bond donors (Lipinski definition) is 4. The van der Waals surface area contributed by atoms with Gasteiger partial charge in [-0.15, -0.1) is 0 Å². The molecule has 12 heteroatoms. The molecule has 1 atom stereocenters. The molecule has 0 aromatic heterocycles. The standard InChI is InChI=1S/C37H62N4O8/c1-36(2,3)48-34(45)39-25-16-8-7-13-22-31(42)41-30(21-15-18-26-40-35(46)49-37(4,5)6)27-32(43)38-24-17-10-14-23-33(44)47-28-29-19-11-9-12-20-29/h9,11-12,19-20,30H,7-8,10,13-18,21-28H2,1-6H3,(H,38,43)(H,39,45)(H,40,46)(H,41,42). The highest BCUT2D eigenvalue weighted by Crippen LogP contribution is 2.11. The maximum Gasteiger partial charge on any atom is 0.407 e. The summed E-state index contributed by atoms with van der Waals surface area (Å²) in [5, 5.41) is 11.4. The van der Waals surface area contributed by atoms with Gasteiger partial charge >= 0.3 is 18.2 Å². The Morgan fingerprint density at radius 2 is 1.12 bits per heavy atom. The van der Waals surface area contributed by atoms with Crippen molar-refractivity contribution in [1.29, 1.82) is 0 Å². The van der Waals surface area contributed by atoms with Crippen LogP contribution in [0.1, 0.15) is 131 Å². The lowest BCUT2D eigenvalue weighted by molar-refractivity contribution is -0.145. The normalized spacial score (nSPS) is 12.0. The van der Waals surface area contributed by atoms with Crippen LogP contribution in [0, 0.1) is 0 Å². The summed E-state index contributed by atoms with van der Waals surface area (Å²) in [6.07, 6.45) is 7.33. The van der Waals surface area contributed by atoms with Gasteiger partial charge in [0, 0.05) is 44.9 Å². The minimum Gasteiger partial charge on any atom is -0.461 e. The minimum absolute atomic E-state index is 0.101. The maximum atomic E-state index is 12.7. The van der Waals surface area contributed by atoms with Gasteiger partial charge in [0.1, 0.15) is 17.8 Å². The average molecular weight is 691 g/mol. The molecule has 4 N–H and O–H groups in total. The molecule has 0 radical (unpaired) electrons. The van der Waals surface area contributed by atoms with Crippen LogP contribution < -0.4 is 21.3 Å². The van der Waals surface area contributed by atoms with E-state index in [9.17, 15) is 24.0 Å². The van der Waals surface area contributed by atoms with Crippen LogP contribution >= 0.6 is 0 Å². The van der Waals surface area contributed by atoms with Gasteiger partial charge in [-0.1, -0.05) is 49.6 Å². The lowest BCUT2D eigenvalue weighted by Crippen LogP contribution is -2.39. The molecule has 1 aromatic carbocycles. The van der Waals surface area contributed by atoms with Gasteiger partial charge in [0.2, 0.25) is 11.8 Å². The van der Waals surface area contributed by atoms with Crippen molar-refractivity contribution < 1.29 is 38.2 Å². The fraction of sp³-hybridized carbons (Fsp3) is 0.703. The zero-order valence-corrected chi connectivity index (χ0v) is 30.8. The second-order valence-electron chi connectivity index (χ2n) is 14.3. The van der Waals surface area contributed by atoms with Crippen molar-refractivity contribution in [2.24, 2.45) is 0 Å². The Morgan fingerprint density at radius 3 is 1.71 bits per heavy atom. The number of unbranched alkanes of at least 4 members (excludes halogenated alkanes) is 6. The molecule has 0 aliphatic rings. The van der Waals surface area contributed by atoms with Gasteiger partial charge in [-0.3, -0.25) is 14.4 Å². The predicted molar refractivity (Wildman–Crippen MR) is 190 cm³/mol. The van der Waals surface area contributed by atoms with Crippen LogP contribution in [-0.2, 0) is 35.2 Å². The number of carbonyl (C=O) groups is 5. The fourth-order valence-electron chi connectivity index (χ4n) is 4.72. The molecule has 0 heterocycles. The molecular formula is C37H62N4O8.